The minimum atomic E-state index is -4.58. The van der Waals surface area contributed by atoms with Crippen LogP contribution in [0.5, 0.6) is 5.88 Å². The molecule has 118 valence electrons. The highest BCUT2D eigenvalue weighted by atomic mass is 35.5. The van der Waals surface area contributed by atoms with E-state index in [1.54, 1.807) is 7.05 Å². The van der Waals surface area contributed by atoms with Gasteiger partial charge in [0.25, 0.3) is 5.91 Å². The molecule has 2 aromatic rings. The van der Waals surface area contributed by atoms with Crippen LogP contribution in [0, 0.1) is 0 Å². The van der Waals surface area contributed by atoms with E-state index >= 15 is 0 Å². The van der Waals surface area contributed by atoms with E-state index < -0.39 is 22.7 Å². The fourth-order valence-electron chi connectivity index (χ4n) is 1.64. The summed E-state index contributed by atoms with van der Waals surface area (Å²) in [6.45, 7) is 0. The Labute approximate surface area is 127 Å². The summed E-state index contributed by atoms with van der Waals surface area (Å²) in [6.07, 6.45) is -4.04. The number of pyridine rings is 1. The van der Waals surface area contributed by atoms with Gasteiger partial charge in [-0.15, -0.1) is 0 Å². The minimum absolute atomic E-state index is 0.155. The summed E-state index contributed by atoms with van der Waals surface area (Å²) in [5.41, 5.74) is -1.37. The van der Waals surface area contributed by atoms with E-state index in [2.05, 4.69) is 15.4 Å². The Bertz CT molecular complexity index is 715. The molecule has 0 atom stereocenters. The highest BCUT2D eigenvalue weighted by Crippen LogP contribution is 2.31. The fraction of sp³-hybridized carbons (Fsp3) is 0.250. The molecule has 0 spiro atoms. The van der Waals surface area contributed by atoms with Gasteiger partial charge in [0.05, 0.1) is 17.7 Å². The van der Waals surface area contributed by atoms with Gasteiger partial charge in [-0.25, -0.2) is 9.67 Å². The Kier molecular flexibility index (Phi) is 4.27. The van der Waals surface area contributed by atoms with Crippen LogP contribution >= 0.6 is 11.6 Å². The van der Waals surface area contributed by atoms with Gasteiger partial charge in [-0.05, 0) is 6.07 Å². The van der Waals surface area contributed by atoms with Crippen LogP contribution in [0.15, 0.2) is 18.3 Å². The summed E-state index contributed by atoms with van der Waals surface area (Å²) in [5.74, 6) is -0.233. The van der Waals surface area contributed by atoms with Crippen molar-refractivity contribution in [3.8, 4) is 5.88 Å². The van der Waals surface area contributed by atoms with Crippen molar-refractivity contribution in [2.24, 2.45) is 7.05 Å². The van der Waals surface area contributed by atoms with Gasteiger partial charge in [0.2, 0.25) is 5.88 Å². The second-order valence-corrected chi connectivity index (χ2v) is 4.61. The number of ether oxygens (including phenoxy) is 1. The van der Waals surface area contributed by atoms with Crippen LogP contribution in [0.1, 0.15) is 16.1 Å². The molecule has 0 aliphatic heterocycles. The first-order valence-electron chi connectivity index (χ1n) is 5.84. The van der Waals surface area contributed by atoms with E-state index in [0.29, 0.717) is 18.1 Å². The van der Waals surface area contributed by atoms with Gasteiger partial charge in [0.15, 0.2) is 5.82 Å². The van der Waals surface area contributed by atoms with Gasteiger partial charge in [0, 0.05) is 19.3 Å². The summed E-state index contributed by atoms with van der Waals surface area (Å²) in [7, 11) is 3.02. The minimum Gasteiger partial charge on any atom is -0.481 e. The number of anilines is 1. The number of hydrogen-bond donors (Lipinski definition) is 1. The molecule has 0 saturated heterocycles. The zero-order valence-electron chi connectivity index (χ0n) is 11.4. The maximum absolute atomic E-state index is 12.5. The molecule has 2 heterocycles. The van der Waals surface area contributed by atoms with Crippen molar-refractivity contribution in [3.05, 3.63) is 34.6 Å². The third-order valence-electron chi connectivity index (χ3n) is 2.67. The van der Waals surface area contributed by atoms with Crippen LogP contribution in [0.2, 0.25) is 5.02 Å². The molecule has 0 aromatic carbocycles. The SMILES string of the molecule is COc1cc(NC(=O)c2ncc(C(F)(F)F)cc2Cl)nn1C. The van der Waals surface area contributed by atoms with Crippen molar-refractivity contribution in [1.29, 1.82) is 0 Å². The zero-order chi connectivity index (χ0) is 16.5. The van der Waals surface area contributed by atoms with Crippen LogP contribution in [0.4, 0.5) is 19.0 Å². The van der Waals surface area contributed by atoms with Crippen molar-refractivity contribution >= 4 is 23.3 Å². The number of amides is 1. The number of methoxy groups -OCH3 is 1. The average Bonchev–Trinajstić information content (AvgIpc) is 2.77. The van der Waals surface area contributed by atoms with Crippen molar-refractivity contribution in [2.75, 3.05) is 12.4 Å². The maximum Gasteiger partial charge on any atom is 0.417 e. The Morgan fingerprint density at radius 1 is 1.41 bits per heavy atom. The van der Waals surface area contributed by atoms with Crippen LogP contribution in [-0.4, -0.2) is 27.8 Å². The molecular weight excluding hydrogens is 325 g/mol. The monoisotopic (exact) mass is 334 g/mol. The Hall–Kier alpha value is -2.29. The smallest absolute Gasteiger partial charge is 0.417 e. The summed E-state index contributed by atoms with van der Waals surface area (Å²) in [4.78, 5) is 15.4. The average molecular weight is 335 g/mol. The van der Waals surface area contributed by atoms with E-state index in [4.69, 9.17) is 16.3 Å². The third kappa shape index (κ3) is 3.30. The van der Waals surface area contributed by atoms with Crippen molar-refractivity contribution in [3.63, 3.8) is 0 Å². The number of aryl methyl sites for hydroxylation is 1. The predicted molar refractivity (Wildman–Crippen MR) is 72.0 cm³/mol. The normalized spacial score (nSPS) is 11.4. The van der Waals surface area contributed by atoms with Crippen molar-refractivity contribution < 1.29 is 22.7 Å². The van der Waals surface area contributed by atoms with Gasteiger partial charge in [-0.1, -0.05) is 11.6 Å². The molecule has 2 aromatic heterocycles. The summed E-state index contributed by atoms with van der Waals surface area (Å²) >= 11 is 5.69. The first-order chi connectivity index (χ1) is 10.2. The van der Waals surface area contributed by atoms with Gasteiger partial charge in [-0.2, -0.15) is 18.3 Å². The van der Waals surface area contributed by atoms with E-state index in [-0.39, 0.29) is 11.5 Å². The summed E-state index contributed by atoms with van der Waals surface area (Å²) < 4.78 is 43.9. The second-order valence-electron chi connectivity index (χ2n) is 4.20. The van der Waals surface area contributed by atoms with Gasteiger partial charge >= 0.3 is 6.18 Å². The number of rotatable bonds is 3. The van der Waals surface area contributed by atoms with E-state index in [1.165, 1.54) is 17.9 Å². The molecule has 1 N–H and O–H groups in total. The number of carbonyl (C=O) groups is 1. The number of carbonyl (C=O) groups excluding carboxylic acids is 1. The first-order valence-corrected chi connectivity index (χ1v) is 6.22. The quantitative estimate of drug-likeness (QED) is 0.937. The zero-order valence-corrected chi connectivity index (χ0v) is 12.2. The van der Waals surface area contributed by atoms with Crippen molar-refractivity contribution in [1.82, 2.24) is 14.8 Å². The summed E-state index contributed by atoms with van der Waals surface area (Å²) in [5, 5.41) is 5.91. The highest BCUT2D eigenvalue weighted by molar-refractivity contribution is 6.34. The predicted octanol–water partition coefficient (Wildman–Crippen LogP) is 2.75. The number of aromatic nitrogens is 3. The molecule has 1 amide bonds. The molecule has 0 radical (unpaired) electrons. The number of hydrogen-bond acceptors (Lipinski definition) is 4. The lowest BCUT2D eigenvalue weighted by Crippen LogP contribution is -2.16. The number of halogens is 4. The lowest BCUT2D eigenvalue weighted by atomic mass is 10.2. The van der Waals surface area contributed by atoms with Crippen LogP contribution in [-0.2, 0) is 13.2 Å². The second kappa shape index (κ2) is 5.84. The Balaban J connectivity index is 2.22. The third-order valence-corrected chi connectivity index (χ3v) is 2.96. The molecular formula is C12H10ClF3N4O2. The number of alkyl halides is 3. The maximum atomic E-state index is 12.5. The van der Waals surface area contributed by atoms with Gasteiger partial charge < -0.3 is 10.1 Å². The standard InChI is InChI=1S/C12H10ClF3N4O2/c1-20-9(22-2)4-8(19-20)18-11(21)10-7(13)3-6(5-17-10)12(14,15)16/h3-5H,1-2H3,(H,18,19,21). The lowest BCUT2D eigenvalue weighted by Gasteiger charge is -2.08. The van der Waals surface area contributed by atoms with Crippen LogP contribution in [0.25, 0.3) is 0 Å². The van der Waals surface area contributed by atoms with Crippen LogP contribution < -0.4 is 10.1 Å². The van der Waals surface area contributed by atoms with E-state index in [0.717, 1.165) is 0 Å². The van der Waals surface area contributed by atoms with Gasteiger partial charge in [-0.3, -0.25) is 4.79 Å². The molecule has 0 saturated carbocycles. The molecule has 10 heteroatoms. The molecule has 0 unspecified atom stereocenters. The van der Waals surface area contributed by atoms with E-state index in [9.17, 15) is 18.0 Å². The molecule has 22 heavy (non-hydrogen) atoms. The Morgan fingerprint density at radius 2 is 2.09 bits per heavy atom. The fourth-order valence-corrected chi connectivity index (χ4v) is 1.89. The van der Waals surface area contributed by atoms with Crippen LogP contribution in [0.3, 0.4) is 0 Å². The highest BCUT2D eigenvalue weighted by Gasteiger charge is 2.32. The number of nitrogens with zero attached hydrogens (tertiary/aromatic N) is 3. The largest absolute Gasteiger partial charge is 0.481 e. The summed E-state index contributed by atoms with van der Waals surface area (Å²) in [6, 6.07) is 2.08. The number of nitrogens with one attached hydrogen (secondary N) is 1. The first kappa shape index (κ1) is 16.1. The molecule has 0 bridgehead atoms. The van der Waals surface area contributed by atoms with Gasteiger partial charge in [0.1, 0.15) is 5.69 Å². The van der Waals surface area contributed by atoms with Crippen molar-refractivity contribution in [2.45, 2.75) is 6.18 Å². The Morgan fingerprint density at radius 3 is 2.59 bits per heavy atom. The lowest BCUT2D eigenvalue weighted by molar-refractivity contribution is -0.137. The molecule has 6 nitrogen and oxygen atoms in total. The molecule has 2 rings (SSSR count). The topological polar surface area (TPSA) is 69.0 Å². The molecule has 0 aliphatic carbocycles. The van der Waals surface area contributed by atoms with E-state index in [1.807, 2.05) is 0 Å². The molecule has 0 fully saturated rings. The molecule has 0 aliphatic rings.